The van der Waals surface area contributed by atoms with Crippen LogP contribution in [0.2, 0.25) is 0 Å². The SMILES string of the molecule is CCCCN(CCC#N)c1c([N+](=O)[O-])cc(C(F)(F)F)cc1[N+](=O)[O-]. The molecule has 0 aliphatic rings. The van der Waals surface area contributed by atoms with Crippen LogP contribution < -0.4 is 4.90 Å². The topological polar surface area (TPSA) is 113 Å². The Hall–Kier alpha value is -2.90. The number of nitriles is 1. The Morgan fingerprint density at radius 2 is 1.68 bits per heavy atom. The highest BCUT2D eigenvalue weighted by Crippen LogP contribution is 2.43. The maximum atomic E-state index is 12.9. The Kier molecular flexibility index (Phi) is 6.67. The van der Waals surface area contributed by atoms with Crippen molar-refractivity contribution in [3.8, 4) is 6.07 Å². The molecule has 1 aromatic rings. The average Bonchev–Trinajstić information content (AvgIpc) is 2.53. The number of nitro benzene ring substituents is 2. The molecule has 136 valence electrons. The number of nitrogens with zero attached hydrogens (tertiary/aromatic N) is 4. The summed E-state index contributed by atoms with van der Waals surface area (Å²) >= 11 is 0. The monoisotopic (exact) mass is 360 g/mol. The maximum Gasteiger partial charge on any atom is 0.416 e. The van der Waals surface area contributed by atoms with Gasteiger partial charge >= 0.3 is 6.18 Å². The van der Waals surface area contributed by atoms with Crippen LogP contribution in [0.5, 0.6) is 0 Å². The molecule has 0 heterocycles. The number of nitro groups is 2. The zero-order valence-electron chi connectivity index (χ0n) is 13.2. The predicted molar refractivity (Wildman–Crippen MR) is 82.1 cm³/mol. The molecule has 0 saturated heterocycles. The molecule has 0 spiro atoms. The Morgan fingerprint density at radius 3 is 2.04 bits per heavy atom. The summed E-state index contributed by atoms with van der Waals surface area (Å²) in [6.45, 7) is 1.90. The highest BCUT2D eigenvalue weighted by atomic mass is 19.4. The molecule has 0 N–H and O–H groups in total. The van der Waals surface area contributed by atoms with E-state index >= 15 is 0 Å². The number of alkyl halides is 3. The van der Waals surface area contributed by atoms with Crippen molar-refractivity contribution in [2.75, 3.05) is 18.0 Å². The van der Waals surface area contributed by atoms with Gasteiger partial charge in [0.1, 0.15) is 0 Å². The van der Waals surface area contributed by atoms with E-state index in [1.807, 2.05) is 13.0 Å². The third kappa shape index (κ3) is 5.03. The molecule has 0 saturated carbocycles. The summed E-state index contributed by atoms with van der Waals surface area (Å²) in [5.41, 5.74) is -3.98. The van der Waals surface area contributed by atoms with Crippen LogP contribution in [0.25, 0.3) is 0 Å². The van der Waals surface area contributed by atoms with E-state index in [1.54, 1.807) is 0 Å². The van der Waals surface area contributed by atoms with Crippen LogP contribution in [0.1, 0.15) is 31.7 Å². The molecule has 0 aliphatic heterocycles. The maximum absolute atomic E-state index is 12.9. The molecule has 0 atom stereocenters. The number of anilines is 1. The fraction of sp³-hybridized carbons (Fsp3) is 0.500. The van der Waals surface area contributed by atoms with Crippen molar-refractivity contribution in [3.05, 3.63) is 37.9 Å². The minimum Gasteiger partial charge on any atom is -0.359 e. The van der Waals surface area contributed by atoms with Crippen molar-refractivity contribution in [2.45, 2.75) is 32.4 Å². The predicted octanol–water partition coefficient (Wildman–Crippen LogP) is 4.04. The largest absolute Gasteiger partial charge is 0.416 e. The second-order valence-corrected chi connectivity index (χ2v) is 5.12. The molecule has 0 amide bonds. The van der Waals surface area contributed by atoms with E-state index in [-0.39, 0.29) is 31.6 Å². The van der Waals surface area contributed by atoms with Gasteiger partial charge in [-0.2, -0.15) is 18.4 Å². The number of rotatable bonds is 8. The smallest absolute Gasteiger partial charge is 0.359 e. The molecule has 8 nitrogen and oxygen atoms in total. The number of hydrogen-bond donors (Lipinski definition) is 0. The van der Waals surface area contributed by atoms with Gasteiger partial charge < -0.3 is 4.90 Å². The summed E-state index contributed by atoms with van der Waals surface area (Å²) in [4.78, 5) is 21.6. The number of benzene rings is 1. The summed E-state index contributed by atoms with van der Waals surface area (Å²) in [7, 11) is 0. The molecule has 25 heavy (non-hydrogen) atoms. The Balaban J connectivity index is 3.65. The van der Waals surface area contributed by atoms with Gasteiger partial charge in [0.05, 0.1) is 27.9 Å². The Labute approximate surface area is 140 Å². The highest BCUT2D eigenvalue weighted by Gasteiger charge is 2.39. The fourth-order valence-electron chi connectivity index (χ4n) is 2.24. The highest BCUT2D eigenvalue weighted by molar-refractivity contribution is 5.76. The summed E-state index contributed by atoms with van der Waals surface area (Å²) in [6.07, 6.45) is -3.89. The first-order valence-electron chi connectivity index (χ1n) is 7.29. The van der Waals surface area contributed by atoms with Gasteiger partial charge in [0.2, 0.25) is 0 Å². The van der Waals surface area contributed by atoms with Crippen molar-refractivity contribution in [1.29, 1.82) is 5.26 Å². The van der Waals surface area contributed by atoms with Crippen molar-refractivity contribution >= 4 is 17.1 Å². The molecule has 0 bridgehead atoms. The van der Waals surface area contributed by atoms with Crippen LogP contribution in [-0.2, 0) is 6.18 Å². The third-order valence-electron chi connectivity index (χ3n) is 3.38. The zero-order chi connectivity index (χ0) is 19.2. The first-order valence-corrected chi connectivity index (χ1v) is 7.29. The molecule has 1 rings (SSSR count). The van der Waals surface area contributed by atoms with E-state index < -0.39 is 38.6 Å². The molecule has 0 fully saturated rings. The van der Waals surface area contributed by atoms with Crippen molar-refractivity contribution in [3.63, 3.8) is 0 Å². The second kappa shape index (κ2) is 8.27. The van der Waals surface area contributed by atoms with E-state index in [4.69, 9.17) is 5.26 Å². The van der Waals surface area contributed by atoms with Gasteiger partial charge in [0.25, 0.3) is 11.4 Å². The summed E-state index contributed by atoms with van der Waals surface area (Å²) in [5, 5.41) is 31.2. The van der Waals surface area contributed by atoms with Crippen LogP contribution >= 0.6 is 0 Å². The third-order valence-corrected chi connectivity index (χ3v) is 3.38. The van der Waals surface area contributed by atoms with Gasteiger partial charge in [-0.1, -0.05) is 13.3 Å². The lowest BCUT2D eigenvalue weighted by Gasteiger charge is -2.23. The molecule has 11 heteroatoms. The van der Waals surface area contributed by atoms with Crippen LogP contribution in [0.3, 0.4) is 0 Å². The first-order chi connectivity index (χ1) is 11.6. The van der Waals surface area contributed by atoms with Crippen molar-refractivity contribution < 1.29 is 23.0 Å². The summed E-state index contributed by atoms with van der Waals surface area (Å²) in [5.74, 6) is 0. The summed E-state index contributed by atoms with van der Waals surface area (Å²) < 4.78 is 38.7. The number of halogens is 3. The average molecular weight is 360 g/mol. The molecule has 1 aromatic carbocycles. The minimum absolute atomic E-state index is 0.0659. The van der Waals surface area contributed by atoms with Gasteiger partial charge in [-0.25, -0.2) is 0 Å². The van der Waals surface area contributed by atoms with Crippen LogP contribution in [0.15, 0.2) is 12.1 Å². The lowest BCUT2D eigenvalue weighted by molar-refractivity contribution is -0.393. The molecular weight excluding hydrogens is 345 g/mol. The number of unbranched alkanes of at least 4 members (excludes halogenated alkanes) is 1. The quantitative estimate of drug-likeness (QED) is 0.510. The van der Waals surface area contributed by atoms with Gasteiger partial charge in [-0.3, -0.25) is 20.2 Å². The number of hydrogen-bond acceptors (Lipinski definition) is 6. The molecular formula is C14H15F3N4O4. The zero-order valence-corrected chi connectivity index (χ0v) is 13.2. The van der Waals surface area contributed by atoms with E-state index in [9.17, 15) is 33.4 Å². The standard InChI is InChI=1S/C14H15F3N4O4/c1-2-3-6-19(7-4-5-18)13-11(20(22)23)8-10(14(15,16)17)9-12(13)21(24)25/h8-9H,2-4,6-7H2,1H3. The van der Waals surface area contributed by atoms with Gasteiger partial charge in [-0.15, -0.1) is 0 Å². The van der Waals surface area contributed by atoms with Gasteiger partial charge in [0, 0.05) is 25.2 Å². The van der Waals surface area contributed by atoms with Gasteiger partial charge in [-0.05, 0) is 6.42 Å². The lowest BCUT2D eigenvalue weighted by Crippen LogP contribution is -2.27. The second-order valence-electron chi connectivity index (χ2n) is 5.12. The normalized spacial score (nSPS) is 11.0. The fourth-order valence-corrected chi connectivity index (χ4v) is 2.24. The molecule has 0 aliphatic carbocycles. The van der Waals surface area contributed by atoms with E-state index in [1.165, 1.54) is 4.90 Å². The van der Waals surface area contributed by atoms with Crippen LogP contribution in [0, 0.1) is 31.6 Å². The van der Waals surface area contributed by atoms with Gasteiger partial charge in [0.15, 0.2) is 5.69 Å². The molecule has 0 unspecified atom stereocenters. The molecule has 0 radical (unpaired) electrons. The van der Waals surface area contributed by atoms with Crippen LogP contribution in [-0.4, -0.2) is 22.9 Å². The van der Waals surface area contributed by atoms with E-state index in [0.29, 0.717) is 12.8 Å². The lowest BCUT2D eigenvalue weighted by atomic mass is 10.1. The van der Waals surface area contributed by atoms with Crippen LogP contribution in [0.4, 0.5) is 30.2 Å². The summed E-state index contributed by atoms with van der Waals surface area (Å²) in [6, 6.07) is 2.39. The van der Waals surface area contributed by atoms with Crippen molar-refractivity contribution in [2.24, 2.45) is 0 Å². The first kappa shape index (κ1) is 20.1. The van der Waals surface area contributed by atoms with E-state index in [2.05, 4.69) is 0 Å². The van der Waals surface area contributed by atoms with E-state index in [0.717, 1.165) is 0 Å². The Morgan fingerprint density at radius 1 is 1.16 bits per heavy atom. The molecule has 0 aromatic heterocycles. The van der Waals surface area contributed by atoms with Crippen molar-refractivity contribution in [1.82, 2.24) is 0 Å². The Bertz CT molecular complexity index is 665. The minimum atomic E-state index is -4.96.